The van der Waals surface area contributed by atoms with Gasteiger partial charge in [-0.05, 0) is 98.2 Å². The van der Waals surface area contributed by atoms with Gasteiger partial charge in [0.2, 0.25) is 5.91 Å². The van der Waals surface area contributed by atoms with Crippen molar-refractivity contribution in [1.82, 2.24) is 4.90 Å². The van der Waals surface area contributed by atoms with Crippen molar-refractivity contribution < 1.29 is 29.3 Å². The summed E-state index contributed by atoms with van der Waals surface area (Å²) < 4.78 is 11.7. The zero-order chi connectivity index (χ0) is 31.2. The van der Waals surface area contributed by atoms with E-state index in [0.29, 0.717) is 31.9 Å². The first-order valence-corrected chi connectivity index (χ1v) is 16.1. The van der Waals surface area contributed by atoms with E-state index in [4.69, 9.17) is 21.1 Å². The smallest absolute Gasteiger partial charge is 0.343 e. The number of aryl methyl sites for hydroxylation is 1. The maximum atomic E-state index is 13.5. The highest BCUT2D eigenvalue weighted by atomic mass is 35.5. The molecule has 0 aromatic heterocycles. The number of carbonyl (C=O) groups is 2. The standard InChI is InChI=1S/C35H43ClN2O6/c1-22-6-4-8-30(39)27-12-9-24(27)19-38-20-34(15-5-7-23-16-26(36)11-13-28(23)34)21-44-31-14-10-25(17-29(31)38)35(42,33(41)43-3)18-32(40)37(22)2/h4,8,10-11,13-14,16-17,22,24,27,30,39,42H,5-7,9,12,15,18-21H2,1-3H3/b8-4-/t22-,24+,27-,30+,34+,35-/m1/s1. The second-order valence-electron chi connectivity index (χ2n) is 13.3. The number of ether oxygens (including phenoxy) is 2. The first kappa shape index (κ1) is 30.9. The van der Waals surface area contributed by atoms with Gasteiger partial charge in [-0.3, -0.25) is 4.79 Å². The van der Waals surface area contributed by atoms with E-state index in [2.05, 4.69) is 17.0 Å². The minimum atomic E-state index is -2.18. The summed E-state index contributed by atoms with van der Waals surface area (Å²) in [5.41, 5.74) is 1.07. The number of aliphatic hydroxyl groups is 2. The summed E-state index contributed by atoms with van der Waals surface area (Å²) in [6.07, 6.45) is 8.18. The second-order valence-corrected chi connectivity index (χ2v) is 13.8. The Morgan fingerprint density at radius 3 is 2.75 bits per heavy atom. The summed E-state index contributed by atoms with van der Waals surface area (Å²) in [6.45, 7) is 3.75. The van der Waals surface area contributed by atoms with Gasteiger partial charge in [0.25, 0.3) is 0 Å². The molecule has 2 aliphatic heterocycles. The summed E-state index contributed by atoms with van der Waals surface area (Å²) in [7, 11) is 2.89. The Balaban J connectivity index is 1.47. The molecule has 1 spiro atoms. The Morgan fingerprint density at radius 1 is 1.18 bits per heavy atom. The fraction of sp³-hybridized carbons (Fsp3) is 0.543. The molecule has 0 saturated heterocycles. The number of anilines is 1. The van der Waals surface area contributed by atoms with Gasteiger partial charge >= 0.3 is 5.97 Å². The number of methoxy groups -OCH3 is 1. The van der Waals surface area contributed by atoms with Gasteiger partial charge in [0.1, 0.15) is 5.75 Å². The van der Waals surface area contributed by atoms with Gasteiger partial charge in [-0.1, -0.05) is 35.9 Å². The van der Waals surface area contributed by atoms with Crippen LogP contribution in [-0.4, -0.2) is 73.0 Å². The molecule has 2 bridgehead atoms. The van der Waals surface area contributed by atoms with Crippen LogP contribution in [0.4, 0.5) is 5.69 Å². The monoisotopic (exact) mass is 622 g/mol. The number of benzene rings is 2. The highest BCUT2D eigenvalue weighted by Gasteiger charge is 2.46. The van der Waals surface area contributed by atoms with Crippen molar-refractivity contribution in [3.05, 3.63) is 70.3 Å². The molecule has 9 heteroatoms. The third-order valence-corrected chi connectivity index (χ3v) is 10.9. The molecule has 2 aromatic rings. The van der Waals surface area contributed by atoms with Crippen molar-refractivity contribution in [1.29, 1.82) is 0 Å². The molecule has 2 aromatic carbocycles. The van der Waals surface area contributed by atoms with Gasteiger partial charge in [-0.15, -0.1) is 0 Å². The molecular formula is C35H43ClN2O6. The van der Waals surface area contributed by atoms with Crippen LogP contribution >= 0.6 is 11.6 Å². The SMILES string of the molecule is COC(=O)[C@@]1(O)CC(=O)N(C)[C@H](C)C/C=C\[C@H](O)[C@@H]2CC[C@H]2CN2C[C@@]3(CCCc4cc(Cl)ccc43)COc3ccc1cc32. The first-order chi connectivity index (χ1) is 21.0. The Kier molecular flexibility index (Phi) is 8.46. The largest absolute Gasteiger partial charge is 0.490 e. The number of fused-ring (bicyclic) bond motifs is 4. The van der Waals surface area contributed by atoms with Crippen molar-refractivity contribution >= 4 is 29.2 Å². The molecule has 236 valence electrons. The van der Waals surface area contributed by atoms with Gasteiger partial charge in [0.05, 0.1) is 31.9 Å². The third kappa shape index (κ3) is 5.50. The van der Waals surface area contributed by atoms with Crippen molar-refractivity contribution in [2.45, 2.75) is 75.0 Å². The Morgan fingerprint density at radius 2 is 2.00 bits per heavy atom. The number of aliphatic hydroxyl groups excluding tert-OH is 1. The summed E-state index contributed by atoms with van der Waals surface area (Å²) in [5.74, 6) is -0.238. The summed E-state index contributed by atoms with van der Waals surface area (Å²) in [5, 5.41) is 23.8. The van der Waals surface area contributed by atoms with Crippen molar-refractivity contribution in [3.8, 4) is 5.75 Å². The van der Waals surface area contributed by atoms with E-state index in [1.807, 2.05) is 25.1 Å². The molecule has 0 unspecified atom stereocenters. The predicted molar refractivity (Wildman–Crippen MR) is 169 cm³/mol. The Labute approximate surface area is 264 Å². The third-order valence-electron chi connectivity index (χ3n) is 10.7. The van der Waals surface area contributed by atoms with Gasteiger partial charge in [-0.2, -0.15) is 0 Å². The highest BCUT2D eigenvalue weighted by molar-refractivity contribution is 6.30. The summed E-state index contributed by atoms with van der Waals surface area (Å²) >= 11 is 6.41. The minimum Gasteiger partial charge on any atom is -0.490 e. The normalized spacial score (nSPS) is 32.9. The lowest BCUT2D eigenvalue weighted by atomic mass is 9.68. The van der Waals surface area contributed by atoms with E-state index in [1.165, 1.54) is 23.1 Å². The molecule has 1 saturated carbocycles. The van der Waals surface area contributed by atoms with Crippen molar-refractivity contribution in [3.63, 3.8) is 0 Å². The maximum absolute atomic E-state index is 13.5. The topological polar surface area (TPSA) is 99.5 Å². The van der Waals surface area contributed by atoms with E-state index >= 15 is 0 Å². The second kappa shape index (κ2) is 12.0. The number of amides is 1. The van der Waals surface area contributed by atoms with Crippen molar-refractivity contribution in [2.24, 2.45) is 11.8 Å². The molecular weight excluding hydrogens is 580 g/mol. The van der Waals surface area contributed by atoms with E-state index < -0.39 is 24.1 Å². The fourth-order valence-corrected chi connectivity index (χ4v) is 7.89. The van der Waals surface area contributed by atoms with Gasteiger partial charge < -0.3 is 29.5 Å². The zero-order valence-corrected chi connectivity index (χ0v) is 26.6. The van der Waals surface area contributed by atoms with Crippen LogP contribution in [0.3, 0.4) is 0 Å². The van der Waals surface area contributed by atoms with E-state index in [0.717, 1.165) is 42.8 Å². The number of carbonyl (C=O) groups excluding carboxylic acids is 2. The summed E-state index contributed by atoms with van der Waals surface area (Å²) in [6, 6.07) is 11.2. The molecule has 4 aliphatic rings. The van der Waals surface area contributed by atoms with Crippen LogP contribution in [0, 0.1) is 11.8 Å². The highest BCUT2D eigenvalue weighted by Crippen LogP contribution is 2.47. The lowest BCUT2D eigenvalue weighted by Crippen LogP contribution is -2.49. The van der Waals surface area contributed by atoms with Crippen LogP contribution in [-0.2, 0) is 31.8 Å². The van der Waals surface area contributed by atoms with Crippen LogP contribution in [0.5, 0.6) is 5.75 Å². The molecule has 6 atom stereocenters. The van der Waals surface area contributed by atoms with Crippen LogP contribution in [0.1, 0.15) is 62.1 Å². The molecule has 1 fully saturated rings. The van der Waals surface area contributed by atoms with Gasteiger partial charge in [0.15, 0.2) is 5.60 Å². The predicted octanol–water partition coefficient (Wildman–Crippen LogP) is 4.76. The minimum absolute atomic E-state index is 0.116. The number of esters is 1. The van der Waals surface area contributed by atoms with Crippen LogP contribution in [0.15, 0.2) is 48.6 Å². The Bertz CT molecular complexity index is 1460. The number of hydrogen-bond acceptors (Lipinski definition) is 7. The quantitative estimate of drug-likeness (QED) is 0.350. The molecule has 6 rings (SSSR count). The van der Waals surface area contributed by atoms with E-state index in [-0.39, 0.29) is 34.8 Å². The van der Waals surface area contributed by atoms with Crippen LogP contribution in [0.2, 0.25) is 5.02 Å². The first-order valence-electron chi connectivity index (χ1n) is 15.8. The average molecular weight is 623 g/mol. The Hall–Kier alpha value is -3.07. The van der Waals surface area contributed by atoms with Crippen molar-refractivity contribution in [2.75, 3.05) is 38.8 Å². The average Bonchev–Trinajstić information content (AvgIpc) is 3.14. The summed E-state index contributed by atoms with van der Waals surface area (Å²) in [4.78, 5) is 30.5. The van der Waals surface area contributed by atoms with Gasteiger partial charge in [0, 0.05) is 36.6 Å². The molecule has 2 N–H and O–H groups in total. The molecule has 8 nitrogen and oxygen atoms in total. The maximum Gasteiger partial charge on any atom is 0.343 e. The van der Waals surface area contributed by atoms with E-state index in [9.17, 15) is 19.8 Å². The fourth-order valence-electron chi connectivity index (χ4n) is 7.69. The van der Waals surface area contributed by atoms with E-state index in [1.54, 1.807) is 25.2 Å². The molecule has 2 aliphatic carbocycles. The number of nitrogens with zero attached hydrogens (tertiary/aromatic N) is 2. The number of halogens is 1. The molecule has 1 amide bonds. The molecule has 44 heavy (non-hydrogen) atoms. The molecule has 0 radical (unpaired) electrons. The van der Waals surface area contributed by atoms with Crippen LogP contribution < -0.4 is 9.64 Å². The lowest BCUT2D eigenvalue weighted by Gasteiger charge is -2.45. The lowest BCUT2D eigenvalue weighted by molar-refractivity contribution is -0.168. The number of hydrogen-bond donors (Lipinski definition) is 2. The van der Waals surface area contributed by atoms with Crippen LogP contribution in [0.25, 0.3) is 0 Å². The zero-order valence-electron chi connectivity index (χ0n) is 25.8. The van der Waals surface area contributed by atoms with Gasteiger partial charge in [-0.25, -0.2) is 4.79 Å². The molecule has 2 heterocycles. The number of rotatable bonds is 1.